The summed E-state index contributed by atoms with van der Waals surface area (Å²) in [7, 11) is 0.893. The topological polar surface area (TPSA) is 99.1 Å². The molecule has 0 atom stereocenters. The highest BCUT2D eigenvalue weighted by atomic mass is 19.1. The highest BCUT2D eigenvalue weighted by molar-refractivity contribution is 6.02. The first-order valence-electron chi connectivity index (χ1n) is 10.2. The Kier molecular flexibility index (Phi) is 8.10. The Morgan fingerprint density at radius 3 is 2.23 bits per heavy atom. The Balaban J connectivity index is 0.000000203. The van der Waals surface area contributed by atoms with Gasteiger partial charge in [-0.15, -0.1) is 0 Å². The van der Waals surface area contributed by atoms with Crippen LogP contribution >= 0.6 is 0 Å². The summed E-state index contributed by atoms with van der Waals surface area (Å²) in [6.45, 7) is 4.32. The fourth-order valence-electron chi connectivity index (χ4n) is 2.87. The summed E-state index contributed by atoms with van der Waals surface area (Å²) in [5, 5.41) is 0. The van der Waals surface area contributed by atoms with E-state index in [0.29, 0.717) is 35.4 Å². The zero-order chi connectivity index (χ0) is 23.5. The summed E-state index contributed by atoms with van der Waals surface area (Å²) in [4.78, 5) is 34.3. The summed E-state index contributed by atoms with van der Waals surface area (Å²) < 4.78 is 27.2. The lowest BCUT2D eigenvalue weighted by atomic mass is 10.2. The molecule has 31 heavy (non-hydrogen) atoms. The maximum atomic E-state index is 11.6. The van der Waals surface area contributed by atoms with Crippen LogP contribution in [0.5, 0.6) is 0 Å². The van der Waals surface area contributed by atoms with Gasteiger partial charge in [0.05, 0.1) is 56.6 Å². The van der Waals surface area contributed by atoms with Crippen LogP contribution in [0.3, 0.4) is 0 Å². The van der Waals surface area contributed by atoms with Crippen molar-refractivity contribution in [3.8, 4) is 0 Å². The first kappa shape index (κ1) is 21.9. The van der Waals surface area contributed by atoms with Crippen LogP contribution in [0.1, 0.15) is 35.9 Å². The number of aromatic amines is 1. The van der Waals surface area contributed by atoms with Crippen LogP contribution in [0, 0.1) is 0 Å². The summed E-state index contributed by atoms with van der Waals surface area (Å²) >= 11 is 0. The number of aryl methyl sites for hydroxylation is 1. The van der Waals surface area contributed by atoms with Crippen LogP contribution in [0.4, 0.5) is 4.39 Å². The Labute approximate surface area is 180 Å². The molecule has 8 nitrogen and oxygen atoms in total. The van der Waals surface area contributed by atoms with E-state index in [1.165, 1.54) is 0 Å². The normalized spacial score (nSPS) is 10.4. The number of alkyl halides is 1. The number of benzene rings is 2. The molecule has 0 radical (unpaired) electrons. The van der Waals surface area contributed by atoms with Crippen molar-refractivity contribution in [2.24, 2.45) is 7.05 Å². The first-order chi connectivity index (χ1) is 15.5. The predicted molar refractivity (Wildman–Crippen MR) is 116 cm³/mol. The van der Waals surface area contributed by atoms with Crippen molar-refractivity contribution < 1.29 is 24.8 Å². The lowest BCUT2D eigenvalue weighted by Crippen LogP contribution is -2.05. The molecule has 0 aliphatic carbocycles. The number of rotatable bonds is 4. The molecule has 9 heteroatoms. The number of para-hydroxylation sites is 2. The van der Waals surface area contributed by atoms with Crippen LogP contribution in [0.25, 0.3) is 22.1 Å². The van der Waals surface area contributed by atoms with Gasteiger partial charge in [-0.2, -0.15) is 0 Å². The molecule has 2 aromatic carbocycles. The molecule has 1 N–H and O–H groups in total. The number of esters is 2. The van der Waals surface area contributed by atoms with E-state index in [9.17, 15) is 14.0 Å². The molecular weight excluding hydrogens is 403 g/mol. The molecule has 2 heterocycles. The molecular formula is C22H25FN4O4. The van der Waals surface area contributed by atoms with Gasteiger partial charge in [0.15, 0.2) is 0 Å². The Morgan fingerprint density at radius 2 is 1.61 bits per heavy atom. The molecule has 0 fully saturated rings. The molecule has 0 bridgehead atoms. The van der Waals surface area contributed by atoms with Crippen molar-refractivity contribution in [3.05, 3.63) is 60.2 Å². The molecule has 0 saturated heterocycles. The van der Waals surface area contributed by atoms with Gasteiger partial charge < -0.3 is 19.0 Å². The summed E-state index contributed by atoms with van der Waals surface area (Å²) in [5.74, 6) is -0.646. The van der Waals surface area contributed by atoms with Crippen LogP contribution in [-0.2, 0) is 16.5 Å². The van der Waals surface area contributed by atoms with Crippen molar-refractivity contribution in [2.75, 3.05) is 20.4 Å². The number of aromatic nitrogens is 4. The molecule has 0 saturated carbocycles. The SMILES string of the molecule is CCOC(=O)c1cccc2[nH]cnc12.CCOC(=O)c1cccc2c1ncn2C.[2H]CF. The average molecular weight is 429 g/mol. The van der Waals surface area contributed by atoms with Crippen LogP contribution < -0.4 is 0 Å². The maximum absolute atomic E-state index is 11.6. The number of fused-ring (bicyclic) bond motifs is 2. The minimum absolute atomic E-state index is 0.318. The van der Waals surface area contributed by atoms with E-state index in [1.54, 1.807) is 44.7 Å². The molecule has 0 spiro atoms. The van der Waals surface area contributed by atoms with Gasteiger partial charge in [-0.05, 0) is 38.1 Å². The molecule has 0 aliphatic heterocycles. The zero-order valence-electron chi connectivity index (χ0n) is 18.6. The first-order valence-corrected chi connectivity index (χ1v) is 9.49. The third-order valence-electron chi connectivity index (χ3n) is 4.20. The van der Waals surface area contributed by atoms with Crippen molar-refractivity contribution in [1.29, 1.82) is 0 Å². The van der Waals surface area contributed by atoms with Gasteiger partial charge in [0.25, 0.3) is 0 Å². The molecule has 4 aromatic rings. The predicted octanol–water partition coefficient (Wildman–Crippen LogP) is 4.08. The van der Waals surface area contributed by atoms with Gasteiger partial charge in [0.1, 0.15) is 11.0 Å². The van der Waals surface area contributed by atoms with Crippen molar-refractivity contribution >= 4 is 34.0 Å². The van der Waals surface area contributed by atoms with Gasteiger partial charge >= 0.3 is 11.9 Å². The number of imidazole rings is 2. The van der Waals surface area contributed by atoms with E-state index >= 15 is 0 Å². The van der Waals surface area contributed by atoms with Gasteiger partial charge in [0.2, 0.25) is 0 Å². The standard InChI is InChI=1S/C11H12N2O2.C10H10N2O2.CH3F/c1-3-15-11(14)8-5-4-6-9-10(8)12-7-13(9)2;1-2-14-10(13)7-4-3-5-8-9(7)12-6-11-8;1-2/h4-7H,3H2,1-2H3;3-6H,2H2,1H3,(H,11,12);1H3/i;;1D. The number of halogens is 1. The lowest BCUT2D eigenvalue weighted by Gasteiger charge is -2.02. The lowest BCUT2D eigenvalue weighted by molar-refractivity contribution is 0.0518. The minimum Gasteiger partial charge on any atom is -0.462 e. The number of H-pyrrole nitrogens is 1. The highest BCUT2D eigenvalue weighted by Crippen LogP contribution is 2.17. The second-order valence-corrected chi connectivity index (χ2v) is 6.07. The van der Waals surface area contributed by atoms with Gasteiger partial charge in [-0.3, -0.25) is 4.39 Å². The van der Waals surface area contributed by atoms with Crippen LogP contribution in [0.2, 0.25) is 0 Å². The number of hydrogen-bond acceptors (Lipinski definition) is 6. The number of nitrogens with zero attached hydrogens (tertiary/aromatic N) is 3. The van der Waals surface area contributed by atoms with E-state index < -0.39 is 7.15 Å². The van der Waals surface area contributed by atoms with Gasteiger partial charge in [0, 0.05) is 7.05 Å². The second-order valence-electron chi connectivity index (χ2n) is 6.07. The number of carbonyl (C=O) groups excluding carboxylic acids is 2. The average Bonchev–Trinajstić information content (AvgIpc) is 3.42. The van der Waals surface area contributed by atoms with Crippen LogP contribution in [-0.4, -0.2) is 51.8 Å². The number of hydrogen-bond donors (Lipinski definition) is 1. The second kappa shape index (κ2) is 11.4. The quantitative estimate of drug-likeness (QED) is 0.491. The van der Waals surface area contributed by atoms with Crippen molar-refractivity contribution in [2.45, 2.75) is 13.8 Å². The number of carbonyl (C=O) groups is 2. The van der Waals surface area contributed by atoms with Crippen molar-refractivity contribution in [1.82, 2.24) is 19.5 Å². The van der Waals surface area contributed by atoms with E-state index in [1.807, 2.05) is 29.8 Å². The van der Waals surface area contributed by atoms with E-state index in [0.717, 1.165) is 11.0 Å². The van der Waals surface area contributed by atoms with Gasteiger partial charge in [-0.1, -0.05) is 12.1 Å². The summed E-state index contributed by atoms with van der Waals surface area (Å²) in [6, 6.07) is 10.9. The Bertz CT molecular complexity index is 1180. The van der Waals surface area contributed by atoms with E-state index in [4.69, 9.17) is 10.8 Å². The zero-order valence-corrected chi connectivity index (χ0v) is 17.6. The molecule has 4 rings (SSSR count). The largest absolute Gasteiger partial charge is 0.462 e. The van der Waals surface area contributed by atoms with Gasteiger partial charge in [-0.25, -0.2) is 19.6 Å². The molecule has 0 aliphatic rings. The minimum atomic E-state index is -1.00. The Morgan fingerprint density at radius 1 is 1.03 bits per heavy atom. The number of ether oxygens (including phenoxy) is 2. The summed E-state index contributed by atoms with van der Waals surface area (Å²) in [5.41, 5.74) is 4.15. The fourth-order valence-corrected chi connectivity index (χ4v) is 2.87. The Hall–Kier alpha value is -3.75. The monoisotopic (exact) mass is 429 g/mol. The van der Waals surface area contributed by atoms with E-state index in [-0.39, 0.29) is 11.9 Å². The molecule has 0 amide bonds. The third-order valence-corrected chi connectivity index (χ3v) is 4.20. The van der Waals surface area contributed by atoms with E-state index in [2.05, 4.69) is 15.0 Å². The molecule has 2 aromatic heterocycles. The molecule has 0 unspecified atom stereocenters. The van der Waals surface area contributed by atoms with Crippen molar-refractivity contribution in [3.63, 3.8) is 0 Å². The number of nitrogens with one attached hydrogen (secondary N) is 1. The maximum Gasteiger partial charge on any atom is 0.340 e. The third kappa shape index (κ3) is 5.44. The van der Waals surface area contributed by atoms with Crippen LogP contribution in [0.15, 0.2) is 49.1 Å². The fraction of sp³-hybridized carbons (Fsp3) is 0.273. The highest BCUT2D eigenvalue weighted by Gasteiger charge is 2.13. The smallest absolute Gasteiger partial charge is 0.340 e. The summed E-state index contributed by atoms with van der Waals surface area (Å²) in [6.07, 6.45) is 3.25. The molecule has 164 valence electrons.